The smallest absolute Gasteiger partial charge is 0.123 e. The van der Waals surface area contributed by atoms with Crippen LogP contribution in [0, 0.1) is 12.7 Å². The molecule has 1 nitrogen and oxygen atoms in total. The fraction of sp³-hybridized carbons (Fsp3) is 0.538. The molecule has 2 N–H and O–H groups in total. The van der Waals surface area contributed by atoms with Crippen molar-refractivity contribution in [2.75, 3.05) is 0 Å². The van der Waals surface area contributed by atoms with Crippen LogP contribution in [0.5, 0.6) is 0 Å². The first-order valence-electron chi connectivity index (χ1n) is 5.62. The molecule has 15 heavy (non-hydrogen) atoms. The van der Waals surface area contributed by atoms with E-state index >= 15 is 0 Å². The first-order valence-corrected chi connectivity index (χ1v) is 5.62. The highest BCUT2D eigenvalue weighted by atomic mass is 19.1. The maximum atomic E-state index is 13.4. The third-order valence-corrected chi connectivity index (χ3v) is 4.09. The minimum atomic E-state index is -0.125. The highest BCUT2D eigenvalue weighted by Gasteiger charge is 2.64. The molecule has 1 aromatic rings. The predicted octanol–water partition coefficient (Wildman–Crippen LogP) is 2.66. The van der Waals surface area contributed by atoms with Crippen LogP contribution in [0.1, 0.15) is 36.8 Å². The molecule has 0 atom stereocenters. The van der Waals surface area contributed by atoms with Gasteiger partial charge in [0.25, 0.3) is 0 Å². The number of hydrogen-bond acceptors (Lipinski definition) is 1. The molecule has 0 heterocycles. The van der Waals surface area contributed by atoms with E-state index in [4.69, 9.17) is 5.73 Å². The van der Waals surface area contributed by atoms with Crippen LogP contribution in [-0.2, 0) is 5.41 Å². The Morgan fingerprint density at radius 1 is 1.13 bits per heavy atom. The third kappa shape index (κ3) is 1.24. The Labute approximate surface area is 89.5 Å². The van der Waals surface area contributed by atoms with Gasteiger partial charge >= 0.3 is 0 Å². The van der Waals surface area contributed by atoms with E-state index < -0.39 is 0 Å². The molecule has 80 valence electrons. The van der Waals surface area contributed by atoms with Crippen molar-refractivity contribution in [2.24, 2.45) is 5.73 Å². The van der Waals surface area contributed by atoms with Crippen molar-refractivity contribution in [1.29, 1.82) is 0 Å². The van der Waals surface area contributed by atoms with E-state index in [1.807, 2.05) is 6.92 Å². The number of benzene rings is 1. The zero-order valence-corrected chi connectivity index (χ0v) is 9.02. The number of aryl methyl sites for hydroxylation is 1. The standard InChI is InChI=1S/C13H16FN/c1-9-6-10(8-11(14)7-9)12(2-3-12)13(15)4-5-13/h6-8H,2-5,15H2,1H3. The summed E-state index contributed by atoms with van der Waals surface area (Å²) in [4.78, 5) is 0. The number of nitrogens with two attached hydrogens (primary N) is 1. The van der Waals surface area contributed by atoms with Crippen molar-refractivity contribution in [1.82, 2.24) is 0 Å². The molecule has 0 aliphatic heterocycles. The number of halogens is 1. The molecule has 2 fully saturated rings. The van der Waals surface area contributed by atoms with Gasteiger partial charge in [-0.05, 0) is 55.9 Å². The number of rotatable bonds is 2. The minimum Gasteiger partial charge on any atom is -0.324 e. The summed E-state index contributed by atoms with van der Waals surface area (Å²) < 4.78 is 13.4. The topological polar surface area (TPSA) is 26.0 Å². The highest BCUT2D eigenvalue weighted by molar-refractivity contribution is 5.42. The molecule has 0 aromatic heterocycles. The van der Waals surface area contributed by atoms with E-state index in [-0.39, 0.29) is 16.8 Å². The molecule has 2 aliphatic rings. The molecule has 0 radical (unpaired) electrons. The summed E-state index contributed by atoms with van der Waals surface area (Å²) in [6.07, 6.45) is 4.46. The van der Waals surface area contributed by atoms with Gasteiger partial charge in [-0.25, -0.2) is 4.39 Å². The van der Waals surface area contributed by atoms with Gasteiger partial charge in [-0.3, -0.25) is 0 Å². The summed E-state index contributed by atoms with van der Waals surface area (Å²) in [5.41, 5.74) is 8.51. The first kappa shape index (κ1) is 9.34. The molecule has 3 rings (SSSR count). The van der Waals surface area contributed by atoms with E-state index in [1.165, 1.54) is 0 Å². The molecule has 2 aliphatic carbocycles. The van der Waals surface area contributed by atoms with Gasteiger partial charge in [0, 0.05) is 11.0 Å². The van der Waals surface area contributed by atoms with Gasteiger partial charge in [0.1, 0.15) is 5.82 Å². The highest BCUT2D eigenvalue weighted by Crippen LogP contribution is 2.63. The quantitative estimate of drug-likeness (QED) is 0.789. The summed E-state index contributed by atoms with van der Waals surface area (Å²) in [6, 6.07) is 5.35. The van der Waals surface area contributed by atoms with Crippen molar-refractivity contribution >= 4 is 0 Å². The largest absolute Gasteiger partial charge is 0.324 e. The Kier molecular flexibility index (Phi) is 1.63. The van der Waals surface area contributed by atoms with Crippen LogP contribution in [0.15, 0.2) is 18.2 Å². The summed E-state index contributed by atoms with van der Waals surface area (Å²) in [7, 11) is 0. The van der Waals surface area contributed by atoms with Crippen molar-refractivity contribution in [3.05, 3.63) is 35.1 Å². The predicted molar refractivity (Wildman–Crippen MR) is 58.2 cm³/mol. The maximum absolute atomic E-state index is 13.4. The van der Waals surface area contributed by atoms with Gasteiger partial charge in [-0.2, -0.15) is 0 Å². The van der Waals surface area contributed by atoms with Crippen LogP contribution in [0.3, 0.4) is 0 Å². The van der Waals surface area contributed by atoms with Crippen molar-refractivity contribution in [3.8, 4) is 0 Å². The zero-order valence-electron chi connectivity index (χ0n) is 9.02. The Morgan fingerprint density at radius 3 is 2.27 bits per heavy atom. The fourth-order valence-electron chi connectivity index (χ4n) is 2.82. The molecule has 1 aromatic carbocycles. The van der Waals surface area contributed by atoms with Crippen LogP contribution in [0.25, 0.3) is 0 Å². The number of hydrogen-bond donors (Lipinski definition) is 1. The Hall–Kier alpha value is -0.890. The monoisotopic (exact) mass is 205 g/mol. The second-order valence-electron chi connectivity index (χ2n) is 5.26. The van der Waals surface area contributed by atoms with Crippen LogP contribution in [0.4, 0.5) is 4.39 Å². The van der Waals surface area contributed by atoms with Gasteiger partial charge in [0.15, 0.2) is 0 Å². The van der Waals surface area contributed by atoms with Gasteiger partial charge < -0.3 is 5.73 Å². The minimum absolute atomic E-state index is 0.0206. The van der Waals surface area contributed by atoms with E-state index in [0.29, 0.717) is 0 Å². The summed E-state index contributed by atoms with van der Waals surface area (Å²) >= 11 is 0. The molecule has 0 spiro atoms. The van der Waals surface area contributed by atoms with E-state index in [9.17, 15) is 4.39 Å². The average Bonchev–Trinajstić information content (AvgIpc) is 2.96. The summed E-state index contributed by atoms with van der Waals surface area (Å²) in [6.45, 7) is 1.94. The lowest BCUT2D eigenvalue weighted by Crippen LogP contribution is -2.37. The van der Waals surface area contributed by atoms with E-state index in [2.05, 4.69) is 6.07 Å². The molecule has 0 saturated heterocycles. The Morgan fingerprint density at radius 2 is 1.80 bits per heavy atom. The molecular weight excluding hydrogens is 189 g/mol. The van der Waals surface area contributed by atoms with Crippen LogP contribution >= 0.6 is 0 Å². The van der Waals surface area contributed by atoms with E-state index in [0.717, 1.165) is 36.8 Å². The Bertz CT molecular complexity index is 396. The summed E-state index contributed by atoms with van der Waals surface area (Å²) in [5.74, 6) is -0.125. The SMILES string of the molecule is Cc1cc(F)cc(C2(C3(N)CC3)CC2)c1. The van der Waals surface area contributed by atoms with Crippen molar-refractivity contribution in [3.63, 3.8) is 0 Å². The van der Waals surface area contributed by atoms with Gasteiger partial charge in [0.05, 0.1) is 0 Å². The molecule has 2 heteroatoms. The fourth-order valence-corrected chi connectivity index (χ4v) is 2.82. The van der Waals surface area contributed by atoms with Crippen LogP contribution in [0.2, 0.25) is 0 Å². The second-order valence-corrected chi connectivity index (χ2v) is 5.26. The van der Waals surface area contributed by atoms with Crippen molar-refractivity contribution in [2.45, 2.75) is 43.6 Å². The Balaban J connectivity index is 2.06. The van der Waals surface area contributed by atoms with Crippen LogP contribution < -0.4 is 5.73 Å². The summed E-state index contributed by atoms with van der Waals surface area (Å²) in [5, 5.41) is 0. The van der Waals surface area contributed by atoms with Gasteiger partial charge in [-0.15, -0.1) is 0 Å². The van der Waals surface area contributed by atoms with E-state index in [1.54, 1.807) is 12.1 Å². The maximum Gasteiger partial charge on any atom is 0.123 e. The molecule has 2 saturated carbocycles. The normalized spacial score (nSPS) is 25.0. The van der Waals surface area contributed by atoms with Crippen molar-refractivity contribution < 1.29 is 4.39 Å². The third-order valence-electron chi connectivity index (χ3n) is 4.09. The molecule has 0 unspecified atom stereocenters. The van der Waals surface area contributed by atoms with Gasteiger partial charge in [-0.1, -0.05) is 6.07 Å². The van der Waals surface area contributed by atoms with Gasteiger partial charge in [0.2, 0.25) is 0 Å². The van der Waals surface area contributed by atoms with Crippen LogP contribution in [-0.4, -0.2) is 5.54 Å². The lowest BCUT2D eigenvalue weighted by Gasteiger charge is -2.23. The molecule has 0 amide bonds. The molecule has 0 bridgehead atoms. The lowest BCUT2D eigenvalue weighted by molar-refractivity contribution is 0.499. The molecular formula is C13H16FN. The average molecular weight is 205 g/mol. The first-order chi connectivity index (χ1) is 7.06. The zero-order chi connectivity index (χ0) is 10.7. The second kappa shape index (κ2) is 2.62. The lowest BCUT2D eigenvalue weighted by atomic mass is 9.85.